The molecule has 1 atom stereocenters. The Morgan fingerprint density at radius 1 is 1.62 bits per heavy atom. The average molecular weight is 296 g/mol. The van der Waals surface area contributed by atoms with Crippen molar-refractivity contribution in [3.05, 3.63) is 17.5 Å². The van der Waals surface area contributed by atoms with Crippen molar-refractivity contribution in [3.8, 4) is 0 Å². The lowest BCUT2D eigenvalue weighted by molar-refractivity contribution is -0.154. The molecule has 1 saturated heterocycles. The first-order chi connectivity index (χ1) is 10.1. The lowest BCUT2D eigenvalue weighted by atomic mass is 10.1. The summed E-state index contributed by atoms with van der Waals surface area (Å²) in [5.41, 5.74) is 2.18. The quantitative estimate of drug-likeness (QED) is 0.670. The molecule has 1 aromatic heterocycles. The first kappa shape index (κ1) is 15.3. The number of aliphatic carboxylic acids is 1. The van der Waals surface area contributed by atoms with E-state index in [1.807, 2.05) is 6.92 Å². The lowest BCUT2D eigenvalue weighted by Crippen LogP contribution is -2.51. The minimum atomic E-state index is -1.04. The minimum absolute atomic E-state index is 0.0853. The molecule has 8 nitrogen and oxygen atoms in total. The molecule has 1 aromatic rings. The Balaban J connectivity index is 1.69. The molecule has 2 amide bonds. The number of aryl methyl sites for hydroxylation is 2. The fraction of sp³-hybridized carbons (Fsp3) is 0.615. The van der Waals surface area contributed by atoms with Crippen LogP contribution in [0.5, 0.6) is 0 Å². The molecule has 116 valence electrons. The topological polar surface area (TPSA) is 108 Å². The largest absolute Gasteiger partial charge is 0.479 e. The zero-order chi connectivity index (χ0) is 15.2. The number of morpholine rings is 1. The Kier molecular flexibility index (Phi) is 5.15. The molecular weight excluding hydrogens is 276 g/mol. The molecule has 1 aliphatic heterocycles. The van der Waals surface area contributed by atoms with E-state index in [4.69, 9.17) is 9.84 Å². The van der Waals surface area contributed by atoms with Gasteiger partial charge in [0.2, 0.25) is 0 Å². The van der Waals surface area contributed by atoms with E-state index in [9.17, 15) is 9.59 Å². The van der Waals surface area contributed by atoms with Crippen LogP contribution in [-0.2, 0) is 16.0 Å². The number of nitrogens with zero attached hydrogens (tertiary/aromatic N) is 2. The maximum Gasteiger partial charge on any atom is 0.334 e. The number of carbonyl (C=O) groups excluding carboxylic acids is 1. The van der Waals surface area contributed by atoms with Gasteiger partial charge in [-0.3, -0.25) is 5.10 Å². The third-order valence-corrected chi connectivity index (χ3v) is 3.46. The van der Waals surface area contributed by atoms with Crippen molar-refractivity contribution < 1.29 is 19.4 Å². The molecular formula is C13H20N4O4. The number of carboxylic acid groups (broad SMARTS) is 1. The van der Waals surface area contributed by atoms with Gasteiger partial charge < -0.3 is 20.1 Å². The number of urea groups is 1. The lowest BCUT2D eigenvalue weighted by Gasteiger charge is -2.30. The summed E-state index contributed by atoms with van der Waals surface area (Å²) in [6, 6.07) is -0.242. The average Bonchev–Trinajstić information content (AvgIpc) is 2.89. The molecule has 0 aromatic carbocycles. The van der Waals surface area contributed by atoms with E-state index in [1.165, 1.54) is 4.90 Å². The van der Waals surface area contributed by atoms with Crippen LogP contribution in [0.15, 0.2) is 6.20 Å². The number of carboxylic acids is 1. The third kappa shape index (κ3) is 4.19. The smallest absolute Gasteiger partial charge is 0.334 e. The van der Waals surface area contributed by atoms with Gasteiger partial charge in [-0.15, -0.1) is 0 Å². The summed E-state index contributed by atoms with van der Waals surface area (Å²) in [6.07, 6.45) is 2.50. The van der Waals surface area contributed by atoms with E-state index in [0.717, 1.165) is 24.1 Å². The molecule has 0 bridgehead atoms. The SMILES string of the molecule is Cc1[nH]ncc1CCCNC(=O)N1CCOC(C(=O)O)C1. The molecule has 0 aliphatic carbocycles. The number of H-pyrrole nitrogens is 1. The number of nitrogens with one attached hydrogen (secondary N) is 2. The molecule has 1 fully saturated rings. The molecule has 3 N–H and O–H groups in total. The highest BCUT2D eigenvalue weighted by atomic mass is 16.5. The van der Waals surface area contributed by atoms with Crippen LogP contribution >= 0.6 is 0 Å². The predicted molar refractivity (Wildman–Crippen MR) is 74.0 cm³/mol. The highest BCUT2D eigenvalue weighted by Crippen LogP contribution is 2.07. The van der Waals surface area contributed by atoms with Crippen LogP contribution in [0.2, 0.25) is 0 Å². The Morgan fingerprint density at radius 2 is 2.43 bits per heavy atom. The number of aromatic amines is 1. The van der Waals surface area contributed by atoms with Crippen molar-refractivity contribution in [3.63, 3.8) is 0 Å². The van der Waals surface area contributed by atoms with Crippen LogP contribution in [0.25, 0.3) is 0 Å². The summed E-state index contributed by atoms with van der Waals surface area (Å²) in [5, 5.41) is 18.5. The molecule has 0 radical (unpaired) electrons. The number of aromatic nitrogens is 2. The maximum atomic E-state index is 11.9. The maximum absolute atomic E-state index is 11.9. The molecule has 1 aliphatic rings. The Morgan fingerprint density at radius 3 is 3.10 bits per heavy atom. The Bertz CT molecular complexity index is 502. The summed E-state index contributed by atoms with van der Waals surface area (Å²) in [7, 11) is 0. The van der Waals surface area contributed by atoms with Gasteiger partial charge in [-0.05, 0) is 25.3 Å². The fourth-order valence-corrected chi connectivity index (χ4v) is 2.20. The highest BCUT2D eigenvalue weighted by Gasteiger charge is 2.28. The van der Waals surface area contributed by atoms with Crippen LogP contribution in [0, 0.1) is 6.92 Å². The summed E-state index contributed by atoms with van der Waals surface area (Å²) in [4.78, 5) is 24.3. The number of carbonyl (C=O) groups is 2. The van der Waals surface area contributed by atoms with Gasteiger partial charge in [-0.2, -0.15) is 5.10 Å². The van der Waals surface area contributed by atoms with Crippen LogP contribution in [0.4, 0.5) is 4.79 Å². The van der Waals surface area contributed by atoms with Crippen molar-refractivity contribution in [2.75, 3.05) is 26.2 Å². The number of hydrogen-bond donors (Lipinski definition) is 3. The standard InChI is InChI=1S/C13H20N4O4/c1-9-10(7-15-16-9)3-2-4-14-13(20)17-5-6-21-11(8-17)12(18)19/h7,11H,2-6,8H2,1H3,(H,14,20)(H,15,16)(H,18,19). The van der Waals surface area contributed by atoms with Crippen molar-refractivity contribution in [2.24, 2.45) is 0 Å². The molecule has 2 heterocycles. The molecule has 1 unspecified atom stereocenters. The summed E-state index contributed by atoms with van der Waals surface area (Å²) >= 11 is 0. The summed E-state index contributed by atoms with van der Waals surface area (Å²) in [6.45, 7) is 3.25. The first-order valence-corrected chi connectivity index (χ1v) is 6.94. The van der Waals surface area contributed by atoms with Crippen LogP contribution in [0.3, 0.4) is 0 Å². The molecule has 2 rings (SSSR count). The molecule has 0 saturated carbocycles. The molecule has 8 heteroatoms. The van der Waals surface area contributed by atoms with Crippen molar-refractivity contribution in [1.82, 2.24) is 20.4 Å². The number of amides is 2. The predicted octanol–water partition coefficient (Wildman–Crippen LogP) is 0.146. The van der Waals surface area contributed by atoms with Crippen molar-refractivity contribution in [1.29, 1.82) is 0 Å². The second-order valence-electron chi connectivity index (χ2n) is 5.00. The Hall–Kier alpha value is -2.09. The summed E-state index contributed by atoms with van der Waals surface area (Å²) < 4.78 is 5.08. The number of hydrogen-bond acceptors (Lipinski definition) is 4. The zero-order valence-corrected chi connectivity index (χ0v) is 12.0. The van der Waals surface area contributed by atoms with E-state index < -0.39 is 12.1 Å². The van der Waals surface area contributed by atoms with Gasteiger partial charge in [0.05, 0.1) is 19.3 Å². The minimum Gasteiger partial charge on any atom is -0.479 e. The third-order valence-electron chi connectivity index (χ3n) is 3.46. The first-order valence-electron chi connectivity index (χ1n) is 6.94. The second kappa shape index (κ2) is 7.07. The van der Waals surface area contributed by atoms with Crippen molar-refractivity contribution >= 4 is 12.0 Å². The Labute approximate surface area is 122 Å². The monoisotopic (exact) mass is 296 g/mol. The van der Waals surface area contributed by atoms with Gasteiger partial charge in [0.1, 0.15) is 0 Å². The number of ether oxygens (including phenoxy) is 1. The van der Waals surface area contributed by atoms with Gasteiger partial charge in [0.15, 0.2) is 6.10 Å². The van der Waals surface area contributed by atoms with E-state index >= 15 is 0 Å². The van der Waals surface area contributed by atoms with Gasteiger partial charge in [-0.25, -0.2) is 9.59 Å². The van der Waals surface area contributed by atoms with E-state index in [2.05, 4.69) is 15.5 Å². The van der Waals surface area contributed by atoms with Gasteiger partial charge in [0, 0.05) is 18.8 Å². The van der Waals surface area contributed by atoms with Gasteiger partial charge >= 0.3 is 12.0 Å². The van der Waals surface area contributed by atoms with Crippen molar-refractivity contribution in [2.45, 2.75) is 25.9 Å². The van der Waals surface area contributed by atoms with Crippen LogP contribution < -0.4 is 5.32 Å². The van der Waals surface area contributed by atoms with Gasteiger partial charge in [0.25, 0.3) is 0 Å². The van der Waals surface area contributed by atoms with E-state index in [1.54, 1.807) is 6.20 Å². The fourth-order valence-electron chi connectivity index (χ4n) is 2.20. The highest BCUT2D eigenvalue weighted by molar-refractivity contribution is 5.77. The summed E-state index contributed by atoms with van der Waals surface area (Å²) in [5.74, 6) is -1.04. The molecule has 21 heavy (non-hydrogen) atoms. The van der Waals surface area contributed by atoms with E-state index in [-0.39, 0.29) is 19.2 Å². The number of rotatable bonds is 5. The second-order valence-corrected chi connectivity index (χ2v) is 5.00. The van der Waals surface area contributed by atoms with Crippen LogP contribution in [-0.4, -0.2) is 64.5 Å². The van der Waals surface area contributed by atoms with Crippen LogP contribution in [0.1, 0.15) is 17.7 Å². The molecule has 0 spiro atoms. The normalized spacial score (nSPS) is 18.5. The van der Waals surface area contributed by atoms with E-state index in [0.29, 0.717) is 13.1 Å². The zero-order valence-electron chi connectivity index (χ0n) is 12.0. The van der Waals surface area contributed by atoms with Gasteiger partial charge in [-0.1, -0.05) is 0 Å².